The van der Waals surface area contributed by atoms with Gasteiger partial charge >= 0.3 is 6.03 Å². The number of hydrogen-bond donors (Lipinski definition) is 4. The van der Waals surface area contributed by atoms with E-state index in [1.54, 1.807) is 10.4 Å². The number of benzene rings is 1. The number of H-pyrrole nitrogens is 1. The van der Waals surface area contributed by atoms with Gasteiger partial charge in [0.1, 0.15) is 23.8 Å². The summed E-state index contributed by atoms with van der Waals surface area (Å²) in [6, 6.07) is 10.1. The van der Waals surface area contributed by atoms with Crippen molar-refractivity contribution in [2.75, 3.05) is 31.1 Å². The molecule has 1 fully saturated rings. The van der Waals surface area contributed by atoms with E-state index in [9.17, 15) is 9.59 Å². The van der Waals surface area contributed by atoms with E-state index in [0.717, 1.165) is 22.4 Å². The number of carbonyl (C=O) groups excluding carboxylic acids is 2. The molecule has 0 spiro atoms. The Morgan fingerprint density at radius 3 is 2.60 bits per heavy atom. The Balaban J connectivity index is 1.38. The van der Waals surface area contributed by atoms with Crippen LogP contribution in [-0.2, 0) is 11.2 Å². The van der Waals surface area contributed by atoms with Crippen LogP contribution in [0.3, 0.4) is 0 Å². The number of nitrogens with zero attached hydrogens (tertiary/aromatic N) is 4. The van der Waals surface area contributed by atoms with Gasteiger partial charge in [0.2, 0.25) is 0 Å². The topological polar surface area (TPSA) is 126 Å². The van der Waals surface area contributed by atoms with Crippen molar-refractivity contribution in [3.8, 4) is 0 Å². The first-order valence-corrected chi connectivity index (χ1v) is 9.72. The maximum Gasteiger partial charge on any atom is 0.318 e. The van der Waals surface area contributed by atoms with Crippen molar-refractivity contribution in [2.45, 2.75) is 12.5 Å². The molecule has 1 aromatic carbocycles. The van der Waals surface area contributed by atoms with E-state index >= 15 is 0 Å². The number of amides is 3. The highest BCUT2D eigenvalue weighted by molar-refractivity contribution is 5.88. The number of hydroxylamine groups is 1. The van der Waals surface area contributed by atoms with Crippen molar-refractivity contribution < 1.29 is 14.8 Å². The van der Waals surface area contributed by atoms with Crippen LogP contribution < -0.4 is 15.7 Å². The fourth-order valence-electron chi connectivity index (χ4n) is 3.61. The van der Waals surface area contributed by atoms with Crippen molar-refractivity contribution in [2.24, 2.45) is 0 Å². The van der Waals surface area contributed by atoms with Crippen LogP contribution in [0, 0.1) is 0 Å². The van der Waals surface area contributed by atoms with Gasteiger partial charge in [-0.25, -0.2) is 20.2 Å². The first-order valence-electron chi connectivity index (χ1n) is 9.72. The highest BCUT2D eigenvalue weighted by atomic mass is 16.5. The zero-order valence-electron chi connectivity index (χ0n) is 16.3. The van der Waals surface area contributed by atoms with Crippen LogP contribution in [0.4, 0.5) is 10.6 Å². The zero-order chi connectivity index (χ0) is 20.9. The van der Waals surface area contributed by atoms with Gasteiger partial charge in [0.15, 0.2) is 0 Å². The molecule has 30 heavy (non-hydrogen) atoms. The molecule has 4 rings (SSSR count). The fourth-order valence-corrected chi connectivity index (χ4v) is 3.61. The van der Waals surface area contributed by atoms with Crippen LogP contribution in [0.1, 0.15) is 5.56 Å². The third kappa shape index (κ3) is 4.18. The van der Waals surface area contributed by atoms with Crippen LogP contribution in [0.25, 0.3) is 11.0 Å². The van der Waals surface area contributed by atoms with Gasteiger partial charge in [-0.05, 0) is 11.6 Å². The largest absolute Gasteiger partial charge is 0.352 e. The van der Waals surface area contributed by atoms with Crippen molar-refractivity contribution in [3.05, 3.63) is 54.5 Å². The average Bonchev–Trinajstić information content (AvgIpc) is 3.28. The lowest BCUT2D eigenvalue weighted by Gasteiger charge is -2.36. The summed E-state index contributed by atoms with van der Waals surface area (Å²) < 4.78 is 0. The van der Waals surface area contributed by atoms with Gasteiger partial charge in [0, 0.05) is 38.8 Å². The molecule has 4 N–H and O–H groups in total. The molecule has 1 aliphatic rings. The third-order valence-corrected chi connectivity index (χ3v) is 5.21. The number of carbonyl (C=O) groups is 2. The Morgan fingerprint density at radius 2 is 1.87 bits per heavy atom. The Hall–Kier alpha value is -3.66. The molecule has 1 aliphatic heterocycles. The molecule has 3 aromatic rings. The summed E-state index contributed by atoms with van der Waals surface area (Å²) in [5.74, 6) is 0.185. The van der Waals surface area contributed by atoms with Gasteiger partial charge in [0.25, 0.3) is 5.91 Å². The molecule has 2 aromatic heterocycles. The highest BCUT2D eigenvalue weighted by Crippen LogP contribution is 2.23. The monoisotopic (exact) mass is 409 g/mol. The molecule has 0 saturated carbocycles. The lowest BCUT2D eigenvalue weighted by atomic mass is 10.1. The van der Waals surface area contributed by atoms with Crippen molar-refractivity contribution in [1.82, 2.24) is 30.6 Å². The first kappa shape index (κ1) is 19.6. The quantitative estimate of drug-likeness (QED) is 0.366. The van der Waals surface area contributed by atoms with Crippen LogP contribution >= 0.6 is 0 Å². The van der Waals surface area contributed by atoms with Crippen LogP contribution in [0.15, 0.2) is 48.9 Å². The van der Waals surface area contributed by atoms with Crippen LogP contribution in [0.5, 0.6) is 0 Å². The van der Waals surface area contributed by atoms with Crippen LogP contribution in [0.2, 0.25) is 0 Å². The highest BCUT2D eigenvalue weighted by Gasteiger charge is 2.27. The Morgan fingerprint density at radius 1 is 1.10 bits per heavy atom. The maximum atomic E-state index is 12.7. The molecule has 10 nitrogen and oxygen atoms in total. The fraction of sp³-hybridized carbons (Fsp3) is 0.300. The normalized spacial score (nSPS) is 15.1. The minimum atomic E-state index is -0.871. The predicted molar refractivity (Wildman–Crippen MR) is 110 cm³/mol. The summed E-state index contributed by atoms with van der Waals surface area (Å²) in [5, 5.41) is 12.7. The maximum absolute atomic E-state index is 12.7. The standard InChI is InChI=1S/C20H23N7O3/c28-19(25-30)16(12-14-4-2-1-3-5-14)24-20(29)27-10-8-26(9-11-27)18-15-6-7-21-17(15)22-13-23-18/h1-7,13,16,30H,8-12H2,(H,24,29)(H,25,28)(H,21,22,23)/t16-/m1/s1. The molecular formula is C20H23N7O3. The zero-order valence-corrected chi connectivity index (χ0v) is 16.3. The summed E-state index contributed by atoms with van der Waals surface area (Å²) in [6.45, 7) is 2.20. The van der Waals surface area contributed by atoms with Gasteiger partial charge in [0.05, 0.1) is 5.39 Å². The Labute approximate surface area is 172 Å². The smallest absolute Gasteiger partial charge is 0.318 e. The molecule has 0 bridgehead atoms. The van der Waals surface area contributed by atoms with Crippen LogP contribution in [-0.4, -0.2) is 69.2 Å². The van der Waals surface area contributed by atoms with E-state index in [1.807, 2.05) is 42.6 Å². The lowest BCUT2D eigenvalue weighted by molar-refractivity contribution is -0.131. The molecule has 0 aliphatic carbocycles. The van der Waals surface area contributed by atoms with Crippen molar-refractivity contribution >= 4 is 28.8 Å². The first-order chi connectivity index (χ1) is 14.7. The predicted octanol–water partition coefficient (Wildman–Crippen LogP) is 0.906. The third-order valence-electron chi connectivity index (χ3n) is 5.21. The summed E-state index contributed by atoms with van der Waals surface area (Å²) in [7, 11) is 0. The minimum Gasteiger partial charge on any atom is -0.352 e. The second-order valence-electron chi connectivity index (χ2n) is 7.08. The van der Waals surface area contributed by atoms with Gasteiger partial charge < -0.3 is 20.1 Å². The van der Waals surface area contributed by atoms with Gasteiger partial charge in [-0.1, -0.05) is 30.3 Å². The van der Waals surface area contributed by atoms with E-state index in [4.69, 9.17) is 5.21 Å². The summed E-state index contributed by atoms with van der Waals surface area (Å²) in [6.07, 6.45) is 3.63. The van der Waals surface area contributed by atoms with E-state index in [-0.39, 0.29) is 12.5 Å². The van der Waals surface area contributed by atoms with Gasteiger partial charge in [-0.2, -0.15) is 0 Å². The second kappa shape index (κ2) is 8.78. The average molecular weight is 409 g/mol. The molecular weight excluding hydrogens is 386 g/mol. The second-order valence-corrected chi connectivity index (χ2v) is 7.08. The van der Waals surface area contributed by atoms with Crippen molar-refractivity contribution in [3.63, 3.8) is 0 Å². The number of aromatic nitrogens is 3. The summed E-state index contributed by atoms with van der Waals surface area (Å²) in [4.78, 5) is 40.2. The lowest BCUT2D eigenvalue weighted by Crippen LogP contribution is -2.56. The summed E-state index contributed by atoms with van der Waals surface area (Å²) >= 11 is 0. The molecule has 1 saturated heterocycles. The number of fused-ring (bicyclic) bond motifs is 1. The molecule has 156 valence electrons. The molecule has 3 heterocycles. The number of piperazine rings is 1. The molecule has 0 radical (unpaired) electrons. The number of anilines is 1. The SMILES string of the molecule is O=C(NO)[C@@H](Cc1ccccc1)NC(=O)N1CCN(c2ncnc3[nH]ccc23)CC1. The van der Waals surface area contributed by atoms with E-state index in [2.05, 4.69) is 25.2 Å². The van der Waals surface area contributed by atoms with Gasteiger partial charge in [-0.3, -0.25) is 10.0 Å². The van der Waals surface area contributed by atoms with E-state index in [0.29, 0.717) is 26.2 Å². The Kier molecular flexibility index (Phi) is 5.75. The number of rotatable bonds is 5. The van der Waals surface area contributed by atoms with E-state index in [1.165, 1.54) is 6.33 Å². The summed E-state index contributed by atoms with van der Waals surface area (Å²) in [5.41, 5.74) is 3.30. The molecule has 1 atom stereocenters. The molecule has 10 heteroatoms. The number of aromatic amines is 1. The minimum absolute atomic E-state index is 0.283. The van der Waals surface area contributed by atoms with Crippen molar-refractivity contribution in [1.29, 1.82) is 0 Å². The Bertz CT molecular complexity index is 1020. The van der Waals surface area contributed by atoms with Gasteiger partial charge in [-0.15, -0.1) is 0 Å². The van der Waals surface area contributed by atoms with E-state index < -0.39 is 11.9 Å². The number of nitrogens with one attached hydrogen (secondary N) is 3. The molecule has 3 amide bonds. The number of hydrogen-bond acceptors (Lipinski definition) is 6. The molecule has 0 unspecified atom stereocenters. The number of urea groups is 1.